The van der Waals surface area contributed by atoms with E-state index in [1.807, 2.05) is 0 Å². The topological polar surface area (TPSA) is 64.4 Å². The number of aromatic nitrogens is 1. The zero-order valence-electron chi connectivity index (χ0n) is 13.8. The molecular formula is C19H16ClFN2O3. The number of rotatable bonds is 3. The van der Waals surface area contributed by atoms with E-state index in [1.54, 1.807) is 0 Å². The third kappa shape index (κ3) is 3.24. The Balaban J connectivity index is 1.50. The van der Waals surface area contributed by atoms with Crippen LogP contribution in [0.15, 0.2) is 52.6 Å². The van der Waals surface area contributed by atoms with Gasteiger partial charge in [0.05, 0.1) is 22.7 Å². The lowest BCUT2D eigenvalue weighted by Gasteiger charge is -2.28. The monoisotopic (exact) mass is 374 g/mol. The van der Waals surface area contributed by atoms with Crippen molar-refractivity contribution in [3.63, 3.8) is 0 Å². The molecule has 0 radical (unpaired) electrons. The van der Waals surface area contributed by atoms with Gasteiger partial charge in [-0.15, -0.1) is 0 Å². The standard InChI is InChI=1S/C19H16ClFN2O3/c20-14-6-13(7-15(21)18(14)17-8-22-10-26-17)23-19(24)12-5-11-3-1-2-4-16(11)25-9-12/h3-4,6-8,10,12H,1-2,5,9H2,(H,23,24). The van der Waals surface area contributed by atoms with Crippen LogP contribution in [0.3, 0.4) is 0 Å². The van der Waals surface area contributed by atoms with Crippen LogP contribution in [0.1, 0.15) is 19.3 Å². The molecule has 1 unspecified atom stereocenters. The normalized spacial score (nSPS) is 19.1. The summed E-state index contributed by atoms with van der Waals surface area (Å²) >= 11 is 6.17. The van der Waals surface area contributed by atoms with Crippen LogP contribution in [0, 0.1) is 11.7 Å². The predicted molar refractivity (Wildman–Crippen MR) is 95.0 cm³/mol. The third-order valence-electron chi connectivity index (χ3n) is 4.47. The quantitative estimate of drug-likeness (QED) is 0.844. The van der Waals surface area contributed by atoms with Crippen molar-refractivity contribution in [1.29, 1.82) is 0 Å². The lowest BCUT2D eigenvalue weighted by Crippen LogP contribution is -2.31. The molecule has 1 aliphatic heterocycles. The van der Waals surface area contributed by atoms with Gasteiger partial charge in [-0.05, 0) is 43.0 Å². The van der Waals surface area contributed by atoms with Gasteiger partial charge in [0, 0.05) is 5.69 Å². The van der Waals surface area contributed by atoms with Crippen molar-refractivity contribution in [2.24, 2.45) is 5.92 Å². The highest BCUT2D eigenvalue weighted by Gasteiger charge is 2.29. The number of fused-ring (bicyclic) bond motifs is 1. The number of hydrogen-bond acceptors (Lipinski definition) is 4. The number of carbonyl (C=O) groups is 1. The molecule has 5 nitrogen and oxygen atoms in total. The van der Waals surface area contributed by atoms with E-state index in [1.165, 1.54) is 24.7 Å². The van der Waals surface area contributed by atoms with Crippen molar-refractivity contribution in [2.75, 3.05) is 11.9 Å². The van der Waals surface area contributed by atoms with Crippen LogP contribution in [-0.2, 0) is 9.53 Å². The Morgan fingerprint density at radius 3 is 2.92 bits per heavy atom. The Morgan fingerprint density at radius 2 is 2.15 bits per heavy atom. The van der Waals surface area contributed by atoms with Crippen molar-refractivity contribution in [3.8, 4) is 11.3 Å². The SMILES string of the molecule is O=C(Nc1cc(F)c(-c2cnco2)c(Cl)c1)C1COC2=CCCC=C2C1. The Morgan fingerprint density at radius 1 is 1.31 bits per heavy atom. The molecule has 1 N–H and O–H groups in total. The third-order valence-corrected chi connectivity index (χ3v) is 4.77. The van der Waals surface area contributed by atoms with E-state index in [0.717, 1.165) is 24.2 Å². The molecule has 0 saturated carbocycles. The summed E-state index contributed by atoms with van der Waals surface area (Å²) in [5, 5.41) is 2.86. The number of oxazole rings is 1. The number of hydrogen-bond donors (Lipinski definition) is 1. The Kier molecular flexibility index (Phi) is 4.51. The van der Waals surface area contributed by atoms with E-state index in [2.05, 4.69) is 22.5 Å². The molecule has 1 aromatic heterocycles. The molecule has 2 heterocycles. The number of carbonyl (C=O) groups excluding carboxylic acids is 1. The van der Waals surface area contributed by atoms with Crippen molar-refractivity contribution < 1.29 is 18.3 Å². The van der Waals surface area contributed by atoms with Gasteiger partial charge >= 0.3 is 0 Å². The lowest BCUT2D eigenvalue weighted by molar-refractivity contribution is -0.121. The van der Waals surface area contributed by atoms with E-state index in [-0.39, 0.29) is 28.2 Å². The minimum absolute atomic E-state index is 0.116. The number of anilines is 1. The molecule has 26 heavy (non-hydrogen) atoms. The minimum Gasteiger partial charge on any atom is -0.493 e. The number of amides is 1. The van der Waals surface area contributed by atoms with E-state index in [4.69, 9.17) is 20.8 Å². The number of allylic oxidation sites excluding steroid dienone is 3. The van der Waals surface area contributed by atoms with Gasteiger partial charge in [0.1, 0.15) is 18.2 Å². The van der Waals surface area contributed by atoms with E-state index in [0.29, 0.717) is 18.7 Å². The maximum atomic E-state index is 14.4. The molecule has 1 aliphatic carbocycles. The molecule has 4 rings (SSSR count). The van der Waals surface area contributed by atoms with Crippen molar-refractivity contribution >= 4 is 23.2 Å². The summed E-state index contributed by atoms with van der Waals surface area (Å²) < 4.78 is 25.2. The van der Waals surface area contributed by atoms with Gasteiger partial charge in [0.2, 0.25) is 5.91 Å². The van der Waals surface area contributed by atoms with E-state index >= 15 is 0 Å². The van der Waals surface area contributed by atoms with Gasteiger partial charge in [0.15, 0.2) is 12.2 Å². The fourth-order valence-electron chi connectivity index (χ4n) is 3.19. The van der Waals surface area contributed by atoms with Crippen LogP contribution in [0.5, 0.6) is 0 Å². The van der Waals surface area contributed by atoms with Crippen LogP contribution in [-0.4, -0.2) is 17.5 Å². The second-order valence-electron chi connectivity index (χ2n) is 6.26. The van der Waals surface area contributed by atoms with Crippen molar-refractivity contribution in [3.05, 3.63) is 59.0 Å². The van der Waals surface area contributed by atoms with Crippen molar-refractivity contribution in [1.82, 2.24) is 4.98 Å². The van der Waals surface area contributed by atoms with Crippen LogP contribution in [0.4, 0.5) is 10.1 Å². The molecule has 2 aliphatic rings. The van der Waals surface area contributed by atoms with Gasteiger partial charge in [-0.2, -0.15) is 0 Å². The first-order chi connectivity index (χ1) is 12.6. The highest BCUT2D eigenvalue weighted by Crippen LogP contribution is 2.35. The second-order valence-corrected chi connectivity index (χ2v) is 6.66. The summed E-state index contributed by atoms with van der Waals surface area (Å²) in [6.45, 7) is 0.307. The van der Waals surface area contributed by atoms with Gasteiger partial charge in [0.25, 0.3) is 0 Å². The summed E-state index contributed by atoms with van der Waals surface area (Å²) in [6, 6.07) is 2.71. The van der Waals surface area contributed by atoms with Gasteiger partial charge in [-0.1, -0.05) is 17.7 Å². The van der Waals surface area contributed by atoms with Crippen LogP contribution in [0.2, 0.25) is 5.02 Å². The van der Waals surface area contributed by atoms with Gasteiger partial charge in [-0.3, -0.25) is 4.79 Å². The average Bonchev–Trinajstić information content (AvgIpc) is 3.15. The summed E-state index contributed by atoms with van der Waals surface area (Å²) in [6.07, 6.45) is 9.28. The largest absolute Gasteiger partial charge is 0.493 e. The Labute approximate surface area is 154 Å². The van der Waals surface area contributed by atoms with Gasteiger partial charge in [-0.25, -0.2) is 9.37 Å². The summed E-state index contributed by atoms with van der Waals surface area (Å²) in [5.74, 6) is -0.0317. The highest BCUT2D eigenvalue weighted by atomic mass is 35.5. The summed E-state index contributed by atoms with van der Waals surface area (Å²) in [4.78, 5) is 16.3. The zero-order chi connectivity index (χ0) is 18.1. The Bertz CT molecular complexity index is 883. The average molecular weight is 375 g/mol. The molecule has 134 valence electrons. The predicted octanol–water partition coefficient (Wildman–Crippen LogP) is 4.71. The first-order valence-electron chi connectivity index (χ1n) is 8.33. The number of benzene rings is 1. The maximum Gasteiger partial charge on any atom is 0.231 e. The lowest BCUT2D eigenvalue weighted by atomic mass is 9.91. The molecule has 2 aromatic rings. The van der Waals surface area contributed by atoms with Crippen LogP contribution < -0.4 is 5.32 Å². The molecule has 0 bridgehead atoms. The molecule has 1 saturated heterocycles. The van der Waals surface area contributed by atoms with Crippen LogP contribution in [0.25, 0.3) is 11.3 Å². The molecule has 0 spiro atoms. The number of halogens is 2. The first kappa shape index (κ1) is 16.8. The summed E-state index contributed by atoms with van der Waals surface area (Å²) in [7, 11) is 0. The maximum absolute atomic E-state index is 14.4. The number of nitrogens with zero attached hydrogens (tertiary/aromatic N) is 1. The first-order valence-corrected chi connectivity index (χ1v) is 8.71. The van der Waals surface area contributed by atoms with Crippen molar-refractivity contribution in [2.45, 2.75) is 19.3 Å². The molecular weight excluding hydrogens is 359 g/mol. The molecule has 7 heteroatoms. The van der Waals surface area contributed by atoms with Gasteiger partial charge < -0.3 is 14.5 Å². The Hall–Kier alpha value is -2.60. The highest BCUT2D eigenvalue weighted by molar-refractivity contribution is 6.33. The summed E-state index contributed by atoms with van der Waals surface area (Å²) in [5.41, 5.74) is 1.47. The fourth-order valence-corrected chi connectivity index (χ4v) is 3.49. The number of ether oxygens (including phenoxy) is 1. The van der Waals surface area contributed by atoms with E-state index in [9.17, 15) is 9.18 Å². The molecule has 1 atom stereocenters. The molecule has 1 aromatic carbocycles. The smallest absolute Gasteiger partial charge is 0.231 e. The minimum atomic E-state index is -0.593. The zero-order valence-corrected chi connectivity index (χ0v) is 14.6. The number of nitrogens with one attached hydrogen (secondary N) is 1. The molecule has 1 amide bonds. The second kappa shape index (κ2) is 6.96. The molecule has 1 fully saturated rings. The fraction of sp³-hybridized carbons (Fsp3) is 0.263. The van der Waals surface area contributed by atoms with Crippen LogP contribution >= 0.6 is 11.6 Å². The van der Waals surface area contributed by atoms with E-state index < -0.39 is 5.82 Å².